The molecule has 0 radical (unpaired) electrons. The summed E-state index contributed by atoms with van der Waals surface area (Å²) in [5.74, 6) is 0. The summed E-state index contributed by atoms with van der Waals surface area (Å²) >= 11 is 0. The first kappa shape index (κ1) is 15.0. The van der Waals surface area contributed by atoms with Crippen LogP contribution in [-0.4, -0.2) is 32.7 Å². The van der Waals surface area contributed by atoms with Crippen LogP contribution in [0.15, 0.2) is 29.2 Å². The van der Waals surface area contributed by atoms with E-state index in [9.17, 15) is 16.8 Å². The van der Waals surface area contributed by atoms with Crippen molar-refractivity contribution in [2.45, 2.75) is 17.5 Å². The number of nitrogens with two attached hydrogens (primary N) is 1. The Hall–Kier alpha value is -1.04. The highest BCUT2D eigenvalue weighted by atomic mass is 32.3. The van der Waals surface area contributed by atoms with E-state index >= 15 is 0 Å². The highest BCUT2D eigenvalue weighted by Crippen LogP contribution is 2.15. The average Bonchev–Trinajstić information content (AvgIpc) is 2.13. The average molecular weight is 297 g/mol. The maximum atomic E-state index is 11.3. The molecule has 0 saturated heterocycles. The third kappa shape index (κ3) is 4.68. The number of hydrogen-bond donors (Lipinski definition) is 3. The molecule has 18 heavy (non-hydrogen) atoms. The summed E-state index contributed by atoms with van der Waals surface area (Å²) in [6, 6.07) is 4.79. The molecular formula is C8H11NO7S2. The molecule has 0 bridgehead atoms. The molecule has 0 aliphatic heterocycles. The van der Waals surface area contributed by atoms with Crippen LogP contribution >= 0.6 is 0 Å². The van der Waals surface area contributed by atoms with Gasteiger partial charge in [-0.15, -0.1) is 3.63 Å². The smallest absolute Gasteiger partial charge is 0.378 e. The van der Waals surface area contributed by atoms with E-state index in [4.69, 9.17) is 15.4 Å². The summed E-state index contributed by atoms with van der Waals surface area (Å²) in [7, 11) is -9.70. The lowest BCUT2D eigenvalue weighted by atomic mass is 10.1. The topological polar surface area (TPSA) is 144 Å². The zero-order chi connectivity index (χ0) is 14.0. The van der Waals surface area contributed by atoms with Gasteiger partial charge in [-0.1, -0.05) is 12.1 Å². The van der Waals surface area contributed by atoms with Gasteiger partial charge in [-0.25, -0.2) is 0 Å². The monoisotopic (exact) mass is 297 g/mol. The van der Waals surface area contributed by atoms with Crippen LogP contribution in [0.5, 0.6) is 0 Å². The van der Waals surface area contributed by atoms with Crippen LogP contribution in [-0.2, 0) is 30.6 Å². The summed E-state index contributed by atoms with van der Waals surface area (Å²) in [4.78, 5) is -0.449. The predicted molar refractivity (Wildman–Crippen MR) is 60.2 cm³/mol. The Kier molecular flexibility index (Phi) is 4.42. The van der Waals surface area contributed by atoms with Crippen molar-refractivity contribution in [3.63, 3.8) is 0 Å². The van der Waals surface area contributed by atoms with Gasteiger partial charge in [-0.2, -0.15) is 16.8 Å². The molecule has 0 aromatic heterocycles. The molecule has 0 heterocycles. The normalized spacial score (nSPS) is 14.4. The summed E-state index contributed by atoms with van der Waals surface area (Å²) in [5.41, 5.74) is 5.68. The summed E-state index contributed by atoms with van der Waals surface area (Å²) in [6.07, 6.45) is -0.971. The molecule has 8 nitrogen and oxygen atoms in total. The van der Waals surface area contributed by atoms with Crippen molar-refractivity contribution in [1.29, 1.82) is 0 Å². The molecule has 0 aliphatic carbocycles. The summed E-state index contributed by atoms with van der Waals surface area (Å²) in [5, 5.41) is 8.91. The standard InChI is InChI=1S/C8H11NO7S2/c9-8(10)5-6-1-3-7(4-2-6)17(11,12)16-18(13,14)15/h1-4,8,10H,5,9H2,(H,13,14,15). The van der Waals surface area contributed by atoms with Crippen molar-refractivity contribution < 1.29 is 30.1 Å². The Morgan fingerprint density at radius 3 is 2.06 bits per heavy atom. The summed E-state index contributed by atoms with van der Waals surface area (Å²) in [6.45, 7) is 0. The van der Waals surface area contributed by atoms with Gasteiger partial charge < -0.3 is 10.8 Å². The van der Waals surface area contributed by atoms with Gasteiger partial charge >= 0.3 is 20.5 Å². The molecule has 1 atom stereocenters. The van der Waals surface area contributed by atoms with Gasteiger partial charge in [0, 0.05) is 6.42 Å². The molecular weight excluding hydrogens is 286 g/mol. The quantitative estimate of drug-likeness (QED) is 0.464. The Morgan fingerprint density at radius 2 is 1.67 bits per heavy atom. The van der Waals surface area contributed by atoms with Crippen LogP contribution < -0.4 is 5.73 Å². The maximum Gasteiger partial charge on any atom is 0.412 e. The lowest BCUT2D eigenvalue weighted by Gasteiger charge is -2.06. The minimum absolute atomic E-state index is 0.111. The Labute approximate surface area is 104 Å². The second kappa shape index (κ2) is 5.30. The van der Waals surface area contributed by atoms with E-state index in [1.54, 1.807) is 0 Å². The molecule has 0 saturated carbocycles. The molecule has 1 aromatic rings. The van der Waals surface area contributed by atoms with Crippen molar-refractivity contribution in [2.75, 3.05) is 0 Å². The van der Waals surface area contributed by atoms with Crippen molar-refractivity contribution >= 4 is 20.5 Å². The van der Waals surface area contributed by atoms with Gasteiger partial charge in [0.1, 0.15) is 6.23 Å². The molecule has 0 spiro atoms. The van der Waals surface area contributed by atoms with Gasteiger partial charge in [0.15, 0.2) is 0 Å². The second-order valence-electron chi connectivity index (χ2n) is 3.37. The van der Waals surface area contributed by atoms with E-state index < -0.39 is 31.6 Å². The number of rotatable bonds is 5. The van der Waals surface area contributed by atoms with Crippen molar-refractivity contribution in [2.24, 2.45) is 5.73 Å². The largest absolute Gasteiger partial charge is 0.412 e. The zero-order valence-corrected chi connectivity index (χ0v) is 10.6. The lowest BCUT2D eigenvalue weighted by Crippen LogP contribution is -2.21. The van der Waals surface area contributed by atoms with Crippen LogP contribution in [0.4, 0.5) is 0 Å². The fourth-order valence-electron chi connectivity index (χ4n) is 1.19. The van der Waals surface area contributed by atoms with Crippen LogP contribution in [0.2, 0.25) is 0 Å². The van der Waals surface area contributed by atoms with Gasteiger partial charge in [0.2, 0.25) is 0 Å². The van der Waals surface area contributed by atoms with E-state index in [0.717, 1.165) is 12.1 Å². The molecule has 102 valence electrons. The number of aliphatic hydroxyl groups excluding tert-OH is 1. The molecule has 1 aromatic carbocycles. The summed E-state index contributed by atoms with van der Waals surface area (Å²) < 4.78 is 55.2. The van der Waals surface area contributed by atoms with Crippen molar-refractivity contribution in [3.8, 4) is 0 Å². The highest BCUT2D eigenvalue weighted by Gasteiger charge is 2.22. The maximum absolute atomic E-state index is 11.3. The van der Waals surface area contributed by atoms with E-state index in [2.05, 4.69) is 3.63 Å². The first-order chi connectivity index (χ1) is 8.10. The Morgan fingerprint density at radius 1 is 1.17 bits per heavy atom. The van der Waals surface area contributed by atoms with Gasteiger partial charge in [-0.3, -0.25) is 4.55 Å². The second-order valence-corrected chi connectivity index (χ2v) is 6.14. The van der Waals surface area contributed by atoms with Crippen molar-refractivity contribution in [1.82, 2.24) is 0 Å². The minimum Gasteiger partial charge on any atom is -0.378 e. The third-order valence-electron chi connectivity index (χ3n) is 1.83. The van der Waals surface area contributed by atoms with Gasteiger partial charge in [0.05, 0.1) is 4.90 Å². The van der Waals surface area contributed by atoms with Crippen molar-refractivity contribution in [3.05, 3.63) is 29.8 Å². The van der Waals surface area contributed by atoms with E-state index in [1.165, 1.54) is 12.1 Å². The SMILES string of the molecule is NC(O)Cc1ccc(S(=O)(=O)OS(=O)(=O)O)cc1. The fourth-order valence-corrected chi connectivity index (χ4v) is 2.88. The zero-order valence-electron chi connectivity index (χ0n) is 8.92. The molecule has 1 rings (SSSR count). The van der Waals surface area contributed by atoms with Crippen LogP contribution in [0.25, 0.3) is 0 Å². The first-order valence-corrected chi connectivity index (χ1v) is 7.33. The lowest BCUT2D eigenvalue weighted by molar-refractivity contribution is 0.183. The van der Waals surface area contributed by atoms with Crippen LogP contribution in [0.1, 0.15) is 5.56 Å². The Bertz CT molecular complexity index is 603. The number of hydrogen-bond acceptors (Lipinski definition) is 7. The highest BCUT2D eigenvalue weighted by molar-refractivity contribution is 7.97. The molecule has 10 heteroatoms. The Balaban J connectivity index is 2.98. The molecule has 1 unspecified atom stereocenters. The molecule has 0 amide bonds. The minimum atomic E-state index is -5.11. The van der Waals surface area contributed by atoms with E-state index in [1.807, 2.05) is 0 Å². The molecule has 4 N–H and O–H groups in total. The molecule has 0 fully saturated rings. The van der Waals surface area contributed by atoms with Gasteiger partial charge in [-0.05, 0) is 17.7 Å². The molecule has 0 aliphatic rings. The van der Waals surface area contributed by atoms with Crippen LogP contribution in [0.3, 0.4) is 0 Å². The number of aliphatic hydroxyl groups is 1. The fraction of sp³-hybridized carbons (Fsp3) is 0.250. The predicted octanol–water partition coefficient (Wildman–Crippen LogP) is -0.986. The van der Waals surface area contributed by atoms with E-state index in [-0.39, 0.29) is 6.42 Å². The van der Waals surface area contributed by atoms with E-state index in [0.29, 0.717) is 5.56 Å². The number of benzene rings is 1. The van der Waals surface area contributed by atoms with Gasteiger partial charge in [0.25, 0.3) is 0 Å². The third-order valence-corrected chi connectivity index (χ3v) is 4.09. The van der Waals surface area contributed by atoms with Crippen LogP contribution in [0, 0.1) is 0 Å². The first-order valence-electron chi connectivity index (χ1n) is 4.56.